The molecule has 2 atom stereocenters. The van der Waals surface area contributed by atoms with Crippen molar-refractivity contribution in [2.45, 2.75) is 64.1 Å². The number of ether oxygens (including phenoxy) is 1. The molecule has 1 saturated carbocycles. The maximum Gasteiger partial charge on any atom is 0.214 e. The Morgan fingerprint density at radius 1 is 1.41 bits per heavy atom. The van der Waals surface area contributed by atoms with E-state index in [0.717, 1.165) is 50.4 Å². The molecule has 152 valence electrons. The summed E-state index contributed by atoms with van der Waals surface area (Å²) in [6.07, 6.45) is 10.4. The minimum atomic E-state index is -3.40. The van der Waals surface area contributed by atoms with Gasteiger partial charge in [-0.05, 0) is 63.5 Å². The lowest BCUT2D eigenvalue weighted by Crippen LogP contribution is -2.38. The number of hydrogen-bond donors (Lipinski definition) is 2. The number of nitrogens with one attached hydrogen (secondary N) is 2. The third kappa shape index (κ3) is 4.72. The standard InChI is InChI=1S/C19H32N4O3S/c1-15(17-10-21-23(12-17)11-16-3-2-4-16)22-27(24,25)13-18-9-19(14-26-18)5-7-20-8-6-19/h10,12,15-16,18,20,22H,2-9,11,13-14H2,1H3. The molecule has 0 amide bonds. The van der Waals surface area contributed by atoms with Crippen molar-refractivity contribution in [1.82, 2.24) is 19.8 Å². The van der Waals surface area contributed by atoms with Crippen LogP contribution in [0.5, 0.6) is 0 Å². The van der Waals surface area contributed by atoms with Crippen LogP contribution in [0.2, 0.25) is 0 Å². The first-order chi connectivity index (χ1) is 12.9. The van der Waals surface area contributed by atoms with Crippen LogP contribution in [0.4, 0.5) is 0 Å². The van der Waals surface area contributed by atoms with Crippen molar-refractivity contribution < 1.29 is 13.2 Å². The summed E-state index contributed by atoms with van der Waals surface area (Å²) in [4.78, 5) is 0. The maximum absolute atomic E-state index is 12.7. The summed E-state index contributed by atoms with van der Waals surface area (Å²) in [5.41, 5.74) is 1.10. The zero-order valence-corrected chi connectivity index (χ0v) is 17.0. The molecule has 0 aromatic carbocycles. The third-order valence-electron chi connectivity index (χ3n) is 6.53. The minimum absolute atomic E-state index is 0.0444. The molecule has 3 aliphatic rings. The lowest BCUT2D eigenvalue weighted by Gasteiger charge is -2.32. The van der Waals surface area contributed by atoms with Gasteiger partial charge < -0.3 is 10.1 Å². The van der Waals surface area contributed by atoms with Gasteiger partial charge in [-0.25, -0.2) is 13.1 Å². The summed E-state index contributed by atoms with van der Waals surface area (Å²) < 4.78 is 35.9. The minimum Gasteiger partial charge on any atom is -0.377 e. The van der Waals surface area contributed by atoms with Crippen molar-refractivity contribution in [3.8, 4) is 0 Å². The van der Waals surface area contributed by atoms with Crippen LogP contribution in [0.15, 0.2) is 12.4 Å². The molecule has 2 saturated heterocycles. The first-order valence-corrected chi connectivity index (χ1v) is 11.9. The SMILES string of the molecule is CC(NS(=O)(=O)CC1CC2(CCNCC2)CO1)c1cnn(CC2CCC2)c1. The zero-order chi connectivity index (χ0) is 18.9. The van der Waals surface area contributed by atoms with Crippen LogP contribution in [0.3, 0.4) is 0 Å². The molecule has 7 nitrogen and oxygen atoms in total. The second-order valence-electron chi connectivity index (χ2n) is 8.80. The Kier molecular flexibility index (Phi) is 5.60. The quantitative estimate of drug-likeness (QED) is 0.734. The molecule has 4 rings (SSSR count). The molecule has 1 spiro atoms. The summed E-state index contributed by atoms with van der Waals surface area (Å²) in [6, 6.07) is -0.278. The van der Waals surface area contributed by atoms with Crippen LogP contribution in [0.25, 0.3) is 0 Å². The smallest absolute Gasteiger partial charge is 0.214 e. The maximum atomic E-state index is 12.7. The van der Waals surface area contributed by atoms with E-state index in [-0.39, 0.29) is 23.3 Å². The fraction of sp³-hybridized carbons (Fsp3) is 0.842. The van der Waals surface area contributed by atoms with E-state index in [0.29, 0.717) is 6.61 Å². The van der Waals surface area contributed by atoms with Crippen molar-refractivity contribution in [2.75, 3.05) is 25.4 Å². The van der Waals surface area contributed by atoms with Gasteiger partial charge in [0.25, 0.3) is 0 Å². The van der Waals surface area contributed by atoms with E-state index in [9.17, 15) is 8.42 Å². The Balaban J connectivity index is 1.30. The molecular weight excluding hydrogens is 364 g/mol. The largest absolute Gasteiger partial charge is 0.377 e. The molecule has 3 heterocycles. The fourth-order valence-electron chi connectivity index (χ4n) is 4.58. The van der Waals surface area contributed by atoms with E-state index in [1.54, 1.807) is 6.20 Å². The first kappa shape index (κ1) is 19.4. The van der Waals surface area contributed by atoms with Crippen LogP contribution >= 0.6 is 0 Å². The molecule has 2 N–H and O–H groups in total. The highest BCUT2D eigenvalue weighted by Crippen LogP contribution is 2.40. The molecule has 0 bridgehead atoms. The van der Waals surface area contributed by atoms with E-state index < -0.39 is 10.0 Å². The predicted octanol–water partition coefficient (Wildman–Crippen LogP) is 1.82. The topological polar surface area (TPSA) is 85.2 Å². The van der Waals surface area contributed by atoms with Gasteiger partial charge in [0, 0.05) is 24.3 Å². The predicted molar refractivity (Wildman–Crippen MR) is 104 cm³/mol. The number of nitrogens with zero attached hydrogens (tertiary/aromatic N) is 2. The average Bonchev–Trinajstić information content (AvgIpc) is 3.19. The average molecular weight is 397 g/mol. The van der Waals surface area contributed by atoms with Crippen molar-refractivity contribution in [3.63, 3.8) is 0 Å². The first-order valence-electron chi connectivity index (χ1n) is 10.3. The lowest BCUT2D eigenvalue weighted by atomic mass is 9.77. The van der Waals surface area contributed by atoms with Crippen molar-refractivity contribution in [3.05, 3.63) is 18.0 Å². The van der Waals surface area contributed by atoms with Crippen LogP contribution in [-0.2, 0) is 21.3 Å². The number of aromatic nitrogens is 2. The molecular formula is C19H32N4O3S. The molecule has 2 aliphatic heterocycles. The number of sulfonamides is 1. The van der Waals surface area contributed by atoms with E-state index in [1.165, 1.54) is 19.3 Å². The Hall–Kier alpha value is -0.960. The molecule has 1 aromatic heterocycles. The van der Waals surface area contributed by atoms with Gasteiger partial charge in [-0.1, -0.05) is 6.42 Å². The molecule has 1 aliphatic carbocycles. The second kappa shape index (κ2) is 7.81. The van der Waals surface area contributed by atoms with Gasteiger partial charge in [-0.15, -0.1) is 0 Å². The van der Waals surface area contributed by atoms with Gasteiger partial charge in [0.1, 0.15) is 0 Å². The summed E-state index contributed by atoms with van der Waals surface area (Å²) in [6.45, 7) is 5.52. The van der Waals surface area contributed by atoms with Gasteiger partial charge in [0.2, 0.25) is 10.0 Å². The van der Waals surface area contributed by atoms with Gasteiger partial charge in [-0.3, -0.25) is 4.68 Å². The monoisotopic (exact) mass is 396 g/mol. The summed E-state index contributed by atoms with van der Waals surface area (Å²) in [7, 11) is -3.40. The molecule has 1 aromatic rings. The number of hydrogen-bond acceptors (Lipinski definition) is 5. The van der Waals surface area contributed by atoms with Gasteiger partial charge >= 0.3 is 0 Å². The number of rotatable bonds is 7. The highest BCUT2D eigenvalue weighted by atomic mass is 32.2. The summed E-state index contributed by atoms with van der Waals surface area (Å²) in [5, 5.41) is 7.77. The van der Waals surface area contributed by atoms with Crippen molar-refractivity contribution in [2.24, 2.45) is 11.3 Å². The Bertz CT molecular complexity index is 738. The summed E-state index contributed by atoms with van der Waals surface area (Å²) >= 11 is 0. The normalized spacial score (nSPS) is 26.9. The van der Waals surface area contributed by atoms with Crippen LogP contribution in [0.1, 0.15) is 57.1 Å². The zero-order valence-electron chi connectivity index (χ0n) is 16.2. The molecule has 2 unspecified atom stereocenters. The highest BCUT2D eigenvalue weighted by Gasteiger charge is 2.42. The Morgan fingerprint density at radius 2 is 2.19 bits per heavy atom. The van der Waals surface area contributed by atoms with Crippen LogP contribution < -0.4 is 10.0 Å². The van der Waals surface area contributed by atoms with E-state index in [4.69, 9.17) is 4.74 Å². The lowest BCUT2D eigenvalue weighted by molar-refractivity contribution is 0.0963. The fourth-order valence-corrected chi connectivity index (χ4v) is 6.06. The third-order valence-corrected chi connectivity index (χ3v) is 8.06. The highest BCUT2D eigenvalue weighted by molar-refractivity contribution is 7.89. The van der Waals surface area contributed by atoms with E-state index >= 15 is 0 Å². The Labute approximate surface area is 162 Å². The van der Waals surface area contributed by atoms with E-state index in [1.807, 2.05) is 17.8 Å². The van der Waals surface area contributed by atoms with Crippen molar-refractivity contribution >= 4 is 10.0 Å². The molecule has 0 radical (unpaired) electrons. The van der Waals surface area contributed by atoms with Crippen LogP contribution in [-0.4, -0.2) is 49.8 Å². The van der Waals surface area contributed by atoms with Gasteiger partial charge in [-0.2, -0.15) is 5.10 Å². The second-order valence-corrected chi connectivity index (χ2v) is 10.6. The number of piperidine rings is 1. The summed E-state index contributed by atoms with van der Waals surface area (Å²) in [5.74, 6) is 0.773. The van der Waals surface area contributed by atoms with Gasteiger partial charge in [0.15, 0.2) is 0 Å². The molecule has 27 heavy (non-hydrogen) atoms. The van der Waals surface area contributed by atoms with Crippen LogP contribution in [0, 0.1) is 11.3 Å². The Morgan fingerprint density at radius 3 is 2.89 bits per heavy atom. The van der Waals surface area contributed by atoms with E-state index in [2.05, 4.69) is 15.1 Å². The van der Waals surface area contributed by atoms with Gasteiger partial charge in [0.05, 0.1) is 24.7 Å². The van der Waals surface area contributed by atoms with Crippen molar-refractivity contribution in [1.29, 1.82) is 0 Å². The molecule has 8 heteroatoms. The molecule has 3 fully saturated rings.